The molecule has 0 aromatic carbocycles. The molecule has 2 nitrogen and oxygen atoms in total. The van der Waals surface area contributed by atoms with Crippen molar-refractivity contribution in [1.29, 1.82) is 0 Å². The molecule has 23 heavy (non-hydrogen) atoms. The van der Waals surface area contributed by atoms with Crippen LogP contribution in [-0.2, 0) is 0 Å². The van der Waals surface area contributed by atoms with Crippen LogP contribution in [0.15, 0.2) is 16.4 Å². The van der Waals surface area contributed by atoms with Gasteiger partial charge in [-0.2, -0.15) is 4.99 Å². The highest BCUT2D eigenvalue weighted by Crippen LogP contribution is 2.34. The number of rotatable bonds is 7. The number of amidine groups is 1. The first-order valence-electron chi connectivity index (χ1n) is 8.47. The summed E-state index contributed by atoms with van der Waals surface area (Å²) < 4.78 is 40.0. The van der Waals surface area contributed by atoms with Gasteiger partial charge in [-0.1, -0.05) is 27.2 Å². The van der Waals surface area contributed by atoms with Crippen molar-refractivity contribution in [3.63, 3.8) is 0 Å². The summed E-state index contributed by atoms with van der Waals surface area (Å²) in [6.07, 6.45) is 6.18. The Morgan fingerprint density at radius 1 is 1.09 bits per heavy atom. The molecule has 7 heteroatoms. The van der Waals surface area contributed by atoms with Crippen molar-refractivity contribution < 1.29 is 21.7 Å². The third-order valence-corrected chi connectivity index (χ3v) is 4.30. The molecule has 0 saturated heterocycles. The van der Waals surface area contributed by atoms with Crippen LogP contribution in [0.4, 0.5) is 17.3 Å². The summed E-state index contributed by atoms with van der Waals surface area (Å²) in [7, 11) is -3.67. The van der Waals surface area contributed by atoms with E-state index in [1.165, 1.54) is 37.2 Å². The molecular formula is C16H31BF4N2. The zero-order valence-electron chi connectivity index (χ0n) is 15.3. The fraction of sp³-hybridized carbons (Fsp3) is 0.812. The lowest BCUT2D eigenvalue weighted by Crippen LogP contribution is -2.44. The third kappa shape index (κ3) is 8.00. The molecule has 0 aromatic heterocycles. The predicted octanol–water partition coefficient (Wildman–Crippen LogP) is 6.02. The van der Waals surface area contributed by atoms with Gasteiger partial charge in [0.05, 0.1) is 13.6 Å². The van der Waals surface area contributed by atoms with E-state index in [1.54, 1.807) is 5.70 Å². The van der Waals surface area contributed by atoms with Crippen molar-refractivity contribution in [3.8, 4) is 0 Å². The van der Waals surface area contributed by atoms with Gasteiger partial charge in [0, 0.05) is 13.3 Å². The summed E-state index contributed by atoms with van der Waals surface area (Å²) in [6, 6.07) is 0. The van der Waals surface area contributed by atoms with Gasteiger partial charge >= 0.3 is 7.25 Å². The van der Waals surface area contributed by atoms with E-state index in [4.69, 9.17) is 4.99 Å². The molecule has 1 aliphatic rings. The minimum atomic E-state index is -6.00. The fourth-order valence-electron chi connectivity index (χ4n) is 2.63. The number of aliphatic imine (C=N–C) groups is 1. The van der Waals surface area contributed by atoms with Gasteiger partial charge in [0.15, 0.2) is 0 Å². The summed E-state index contributed by atoms with van der Waals surface area (Å²) in [5, 5.41) is 0. The van der Waals surface area contributed by atoms with Gasteiger partial charge in [0.2, 0.25) is 5.84 Å². The van der Waals surface area contributed by atoms with E-state index in [1.807, 2.05) is 0 Å². The van der Waals surface area contributed by atoms with Crippen LogP contribution in [0.3, 0.4) is 0 Å². The lowest BCUT2D eigenvalue weighted by atomic mass is 10.0. The molecule has 0 spiro atoms. The predicted molar refractivity (Wildman–Crippen MR) is 90.6 cm³/mol. The zero-order valence-corrected chi connectivity index (χ0v) is 15.3. The van der Waals surface area contributed by atoms with Crippen molar-refractivity contribution in [1.82, 2.24) is 0 Å². The average molecular weight is 338 g/mol. The van der Waals surface area contributed by atoms with E-state index >= 15 is 0 Å². The normalized spacial score (nSPS) is 21.4. The number of hydrogen-bond acceptors (Lipinski definition) is 1. The quantitative estimate of drug-likeness (QED) is 0.306. The van der Waals surface area contributed by atoms with Crippen molar-refractivity contribution in [2.24, 2.45) is 10.9 Å². The molecule has 1 rings (SSSR count). The van der Waals surface area contributed by atoms with E-state index in [2.05, 4.69) is 41.7 Å². The SMILES string of the molecule is CCCCC1=C(CCC(C)C)N=C(C)[N+]1(C)CC.F[B-](F)(F)F. The molecule has 136 valence electrons. The van der Waals surface area contributed by atoms with Gasteiger partial charge in [-0.3, -0.25) is 4.48 Å². The Kier molecular flexibility index (Phi) is 9.10. The van der Waals surface area contributed by atoms with E-state index in [9.17, 15) is 17.3 Å². The van der Waals surface area contributed by atoms with Gasteiger partial charge < -0.3 is 17.3 Å². The van der Waals surface area contributed by atoms with E-state index in [0.717, 1.165) is 23.4 Å². The van der Waals surface area contributed by atoms with Crippen molar-refractivity contribution in [3.05, 3.63) is 11.4 Å². The molecule has 0 saturated carbocycles. The van der Waals surface area contributed by atoms with Crippen LogP contribution in [0.1, 0.15) is 66.7 Å². The number of allylic oxidation sites excluding steroid dienone is 2. The molecule has 1 atom stereocenters. The number of halogens is 4. The van der Waals surface area contributed by atoms with E-state index in [0.29, 0.717) is 0 Å². The van der Waals surface area contributed by atoms with Gasteiger partial charge in [-0.05, 0) is 32.1 Å². The molecule has 1 unspecified atom stereocenters. The number of nitrogens with zero attached hydrogens (tertiary/aromatic N) is 2. The first kappa shape index (κ1) is 22.2. The molecule has 1 aliphatic heterocycles. The smallest absolute Gasteiger partial charge is 0.418 e. The van der Waals surface area contributed by atoms with Crippen LogP contribution >= 0.6 is 0 Å². The lowest BCUT2D eigenvalue weighted by molar-refractivity contribution is -0.778. The monoisotopic (exact) mass is 338 g/mol. The molecule has 0 N–H and O–H groups in total. The van der Waals surface area contributed by atoms with Gasteiger partial charge in [0.25, 0.3) is 0 Å². The minimum absolute atomic E-state index is 0.765. The van der Waals surface area contributed by atoms with Crippen molar-refractivity contribution >= 4 is 13.1 Å². The van der Waals surface area contributed by atoms with Crippen LogP contribution < -0.4 is 0 Å². The molecule has 0 amide bonds. The minimum Gasteiger partial charge on any atom is -0.418 e. The highest BCUT2D eigenvalue weighted by atomic mass is 19.5. The maximum absolute atomic E-state index is 9.75. The largest absolute Gasteiger partial charge is 0.673 e. The third-order valence-electron chi connectivity index (χ3n) is 4.30. The molecule has 0 radical (unpaired) electrons. The van der Waals surface area contributed by atoms with Crippen LogP contribution in [0.25, 0.3) is 0 Å². The van der Waals surface area contributed by atoms with Gasteiger partial charge in [0.1, 0.15) is 11.4 Å². The number of hydrogen-bond donors (Lipinski definition) is 0. The summed E-state index contributed by atoms with van der Waals surface area (Å²) in [5.41, 5.74) is 2.97. The summed E-state index contributed by atoms with van der Waals surface area (Å²) in [5.74, 6) is 2.05. The second-order valence-electron chi connectivity index (χ2n) is 6.59. The summed E-state index contributed by atoms with van der Waals surface area (Å²) >= 11 is 0. The number of unbranched alkanes of at least 4 members (excludes halogenated alkanes) is 1. The van der Waals surface area contributed by atoms with Crippen molar-refractivity contribution in [2.45, 2.75) is 66.7 Å². The molecule has 0 fully saturated rings. The summed E-state index contributed by atoms with van der Waals surface area (Å²) in [6.45, 7) is 12.5. The fourth-order valence-corrected chi connectivity index (χ4v) is 2.63. The van der Waals surface area contributed by atoms with Crippen LogP contribution in [0.2, 0.25) is 0 Å². The molecule has 0 bridgehead atoms. The highest BCUT2D eigenvalue weighted by molar-refractivity contribution is 6.50. The van der Waals surface area contributed by atoms with E-state index < -0.39 is 7.25 Å². The first-order valence-corrected chi connectivity index (χ1v) is 8.47. The Bertz CT molecular complexity index is 424. The Balaban J connectivity index is 0.000000841. The van der Waals surface area contributed by atoms with E-state index in [-0.39, 0.29) is 0 Å². The second-order valence-corrected chi connectivity index (χ2v) is 6.59. The average Bonchev–Trinajstić information content (AvgIpc) is 2.65. The summed E-state index contributed by atoms with van der Waals surface area (Å²) in [4.78, 5) is 4.89. The topological polar surface area (TPSA) is 12.4 Å². The standard InChI is InChI=1S/C16H31N2.BF4/c1-7-9-10-16-15(12-11-13(3)4)17-14(5)18(16,6)8-2;2-1(3,4)5/h13H,7-12H2,1-6H3;/q+1;-1. The second kappa shape index (κ2) is 9.45. The molecule has 0 aromatic rings. The highest BCUT2D eigenvalue weighted by Gasteiger charge is 2.37. The van der Waals surface area contributed by atoms with Crippen LogP contribution in [0, 0.1) is 5.92 Å². The number of quaternary nitrogens is 1. The zero-order chi connectivity index (χ0) is 18.3. The lowest BCUT2D eigenvalue weighted by Gasteiger charge is -2.30. The Morgan fingerprint density at radius 2 is 1.61 bits per heavy atom. The van der Waals surface area contributed by atoms with Crippen molar-refractivity contribution in [2.75, 3.05) is 13.6 Å². The first-order chi connectivity index (χ1) is 10.5. The maximum atomic E-state index is 9.75. The Labute approximate surface area is 138 Å². The van der Waals surface area contributed by atoms with Gasteiger partial charge in [-0.25, -0.2) is 0 Å². The van der Waals surface area contributed by atoms with Gasteiger partial charge in [-0.15, -0.1) is 0 Å². The van der Waals surface area contributed by atoms with Crippen LogP contribution in [0.5, 0.6) is 0 Å². The molecular weight excluding hydrogens is 307 g/mol. The maximum Gasteiger partial charge on any atom is 0.673 e. The molecule has 1 heterocycles. The molecule has 0 aliphatic carbocycles. The Hall–Kier alpha value is -0.845. The van der Waals surface area contributed by atoms with Crippen LogP contribution in [-0.4, -0.2) is 31.2 Å². The Morgan fingerprint density at radius 3 is 2.00 bits per heavy atom.